The molecular weight excluding hydrogens is 232 g/mol. The first-order valence-corrected chi connectivity index (χ1v) is 5.96. The second kappa shape index (κ2) is 11.9. The van der Waals surface area contributed by atoms with Gasteiger partial charge in [-0.05, 0) is 40.0 Å². The van der Waals surface area contributed by atoms with Gasteiger partial charge in [0.25, 0.3) is 5.97 Å². The van der Waals surface area contributed by atoms with E-state index in [1.807, 2.05) is 6.08 Å². The molecule has 0 aromatic carbocycles. The summed E-state index contributed by atoms with van der Waals surface area (Å²) >= 11 is 0. The molecule has 4 heteroatoms. The summed E-state index contributed by atoms with van der Waals surface area (Å²) in [4.78, 5) is 19.2. The van der Waals surface area contributed by atoms with Crippen molar-refractivity contribution in [1.82, 2.24) is 0 Å². The number of rotatable bonds is 6. The lowest BCUT2D eigenvalue weighted by Crippen LogP contribution is -1.92. The van der Waals surface area contributed by atoms with E-state index in [-0.39, 0.29) is 6.42 Å². The molecule has 0 atom stereocenters. The van der Waals surface area contributed by atoms with E-state index < -0.39 is 11.9 Å². The van der Waals surface area contributed by atoms with Crippen LogP contribution >= 0.6 is 0 Å². The van der Waals surface area contributed by atoms with Gasteiger partial charge in [0.05, 0.1) is 0 Å². The van der Waals surface area contributed by atoms with Crippen LogP contribution in [0.2, 0.25) is 0 Å². The average molecular weight is 256 g/mol. The number of carboxylic acids is 2. The molecule has 4 nitrogen and oxygen atoms in total. The molecule has 0 heterocycles. The monoisotopic (exact) mass is 256 g/mol. The highest BCUT2D eigenvalue weighted by molar-refractivity contribution is 5.66. The number of carbonyl (C=O) groups is 2. The smallest absolute Gasteiger partial charge is 0.303 e. The van der Waals surface area contributed by atoms with Gasteiger partial charge in [-0.2, -0.15) is 0 Å². The van der Waals surface area contributed by atoms with Crippen molar-refractivity contribution in [2.75, 3.05) is 0 Å². The largest absolute Gasteiger partial charge is 0.481 e. The summed E-state index contributed by atoms with van der Waals surface area (Å²) in [5.41, 5.74) is 2.62. The Labute approximate surface area is 109 Å². The number of allylic oxidation sites excluding steroid dienone is 4. The Bertz CT molecular complexity index is 306. The average Bonchev–Trinajstić information content (AvgIpc) is 2.15. The minimum absolute atomic E-state index is 0.236. The molecule has 0 rings (SSSR count). The van der Waals surface area contributed by atoms with E-state index in [1.165, 1.54) is 11.1 Å². The maximum Gasteiger partial charge on any atom is 0.303 e. The number of hydrogen-bond acceptors (Lipinski definition) is 2. The highest BCUT2D eigenvalue weighted by Gasteiger charge is 1.94. The molecule has 0 aliphatic heterocycles. The molecule has 0 aliphatic carbocycles. The molecule has 0 unspecified atom stereocenters. The van der Waals surface area contributed by atoms with Gasteiger partial charge in [0, 0.05) is 13.3 Å². The van der Waals surface area contributed by atoms with E-state index in [2.05, 4.69) is 26.8 Å². The van der Waals surface area contributed by atoms with Crippen LogP contribution in [-0.2, 0) is 9.59 Å². The van der Waals surface area contributed by atoms with E-state index in [1.54, 1.807) is 0 Å². The summed E-state index contributed by atoms with van der Waals surface area (Å²) in [6.07, 6.45) is 7.19. The third-order valence-corrected chi connectivity index (χ3v) is 1.94. The summed E-state index contributed by atoms with van der Waals surface area (Å²) in [7, 11) is 0. The number of carboxylic acid groups (broad SMARTS) is 2. The van der Waals surface area contributed by atoms with Gasteiger partial charge in [0.2, 0.25) is 0 Å². The van der Waals surface area contributed by atoms with Crippen molar-refractivity contribution in [3.63, 3.8) is 0 Å². The van der Waals surface area contributed by atoms with E-state index in [4.69, 9.17) is 15.0 Å². The van der Waals surface area contributed by atoms with Crippen LogP contribution in [0.25, 0.3) is 0 Å². The van der Waals surface area contributed by atoms with Crippen LogP contribution in [0.4, 0.5) is 0 Å². The van der Waals surface area contributed by atoms with Crippen LogP contribution in [-0.4, -0.2) is 22.2 Å². The van der Waals surface area contributed by atoms with E-state index in [0.717, 1.165) is 19.8 Å². The van der Waals surface area contributed by atoms with Gasteiger partial charge in [0.15, 0.2) is 0 Å². The lowest BCUT2D eigenvalue weighted by Gasteiger charge is -1.98. The Morgan fingerprint density at radius 1 is 0.889 bits per heavy atom. The molecule has 0 radical (unpaired) electrons. The van der Waals surface area contributed by atoms with Gasteiger partial charge in [-0.3, -0.25) is 9.59 Å². The zero-order valence-corrected chi connectivity index (χ0v) is 11.7. The molecule has 0 spiro atoms. The van der Waals surface area contributed by atoms with Gasteiger partial charge < -0.3 is 10.2 Å². The molecule has 2 N–H and O–H groups in total. The maximum absolute atomic E-state index is 10.2. The Hall–Kier alpha value is -1.58. The first kappa shape index (κ1) is 18.8. The highest BCUT2D eigenvalue weighted by Crippen LogP contribution is 2.08. The fourth-order valence-corrected chi connectivity index (χ4v) is 1.13. The molecule has 0 amide bonds. The van der Waals surface area contributed by atoms with Gasteiger partial charge in [0.1, 0.15) is 0 Å². The minimum atomic E-state index is -0.833. The van der Waals surface area contributed by atoms with E-state index in [9.17, 15) is 4.79 Å². The predicted octanol–water partition coefficient (Wildman–Crippen LogP) is 3.63. The lowest BCUT2D eigenvalue weighted by atomic mass is 10.1. The molecule has 0 saturated heterocycles. The Morgan fingerprint density at radius 2 is 1.33 bits per heavy atom. The summed E-state index contributed by atoms with van der Waals surface area (Å²) in [5, 5.41) is 15.9. The standard InChI is InChI=1S/C12H20O2.C2H4O2/c1-10(2)6-4-7-11(3)8-5-9-12(13)14;1-2(3)4/h6,8H,4-5,7,9H2,1-3H3,(H,13,14);1H3,(H,3,4)/b11-8-;. The highest BCUT2D eigenvalue weighted by atomic mass is 16.4. The van der Waals surface area contributed by atoms with Crippen LogP contribution < -0.4 is 0 Å². The second-order valence-electron chi connectivity index (χ2n) is 4.32. The quantitative estimate of drug-likeness (QED) is 0.711. The van der Waals surface area contributed by atoms with Crippen molar-refractivity contribution in [3.05, 3.63) is 23.3 Å². The second-order valence-corrected chi connectivity index (χ2v) is 4.32. The van der Waals surface area contributed by atoms with Crippen LogP contribution in [0.5, 0.6) is 0 Å². The summed E-state index contributed by atoms with van der Waals surface area (Å²) in [5.74, 6) is -1.56. The fourth-order valence-electron chi connectivity index (χ4n) is 1.13. The van der Waals surface area contributed by atoms with Crippen molar-refractivity contribution in [2.45, 2.75) is 53.4 Å². The third kappa shape index (κ3) is 23.9. The third-order valence-electron chi connectivity index (χ3n) is 1.94. The van der Waals surface area contributed by atoms with Crippen molar-refractivity contribution in [3.8, 4) is 0 Å². The van der Waals surface area contributed by atoms with Crippen molar-refractivity contribution >= 4 is 11.9 Å². The molecule has 0 aromatic rings. The Balaban J connectivity index is 0. The molecule has 104 valence electrons. The molecule has 0 saturated carbocycles. The van der Waals surface area contributed by atoms with Crippen molar-refractivity contribution in [1.29, 1.82) is 0 Å². The summed E-state index contributed by atoms with van der Waals surface area (Å²) in [6, 6.07) is 0. The first-order chi connectivity index (χ1) is 8.25. The summed E-state index contributed by atoms with van der Waals surface area (Å²) < 4.78 is 0. The summed E-state index contributed by atoms with van der Waals surface area (Å²) in [6.45, 7) is 7.31. The van der Waals surface area contributed by atoms with E-state index in [0.29, 0.717) is 6.42 Å². The number of hydrogen-bond donors (Lipinski definition) is 2. The molecule has 0 aliphatic rings. The lowest BCUT2D eigenvalue weighted by molar-refractivity contribution is -0.137. The molecule has 18 heavy (non-hydrogen) atoms. The SMILES string of the molecule is CC(=O)O.CC(C)=CCC/C(C)=C\CCC(=O)O. The van der Waals surface area contributed by atoms with Gasteiger partial charge in [-0.25, -0.2) is 0 Å². The fraction of sp³-hybridized carbons (Fsp3) is 0.571. The van der Waals surface area contributed by atoms with Crippen molar-refractivity contribution < 1.29 is 19.8 Å². The van der Waals surface area contributed by atoms with Crippen LogP contribution in [0.1, 0.15) is 53.4 Å². The maximum atomic E-state index is 10.2. The van der Waals surface area contributed by atoms with Crippen LogP contribution in [0.3, 0.4) is 0 Å². The molecular formula is C14H24O4. The zero-order valence-electron chi connectivity index (χ0n) is 11.7. The van der Waals surface area contributed by atoms with Gasteiger partial charge >= 0.3 is 5.97 Å². The molecule has 0 bridgehead atoms. The van der Waals surface area contributed by atoms with Crippen LogP contribution in [0, 0.1) is 0 Å². The number of aliphatic carboxylic acids is 2. The predicted molar refractivity (Wildman–Crippen MR) is 72.6 cm³/mol. The zero-order chi connectivity index (χ0) is 14.6. The normalized spacial score (nSPS) is 10.1. The van der Waals surface area contributed by atoms with Crippen LogP contribution in [0.15, 0.2) is 23.3 Å². The Morgan fingerprint density at radius 3 is 1.72 bits per heavy atom. The Kier molecular flexibility index (Phi) is 12.4. The van der Waals surface area contributed by atoms with Gasteiger partial charge in [-0.15, -0.1) is 0 Å². The van der Waals surface area contributed by atoms with Gasteiger partial charge in [-0.1, -0.05) is 23.3 Å². The first-order valence-electron chi connectivity index (χ1n) is 5.96. The topological polar surface area (TPSA) is 74.6 Å². The minimum Gasteiger partial charge on any atom is -0.481 e. The van der Waals surface area contributed by atoms with Crippen molar-refractivity contribution in [2.24, 2.45) is 0 Å². The molecule has 0 fully saturated rings. The van der Waals surface area contributed by atoms with E-state index >= 15 is 0 Å². The molecule has 0 aromatic heterocycles.